The highest BCUT2D eigenvalue weighted by atomic mass is 15.3. The van der Waals surface area contributed by atoms with Gasteiger partial charge in [0.15, 0.2) is 0 Å². The average molecular weight is 310 g/mol. The zero-order valence-corrected chi connectivity index (χ0v) is 15.7. The van der Waals surface area contributed by atoms with E-state index in [0.717, 1.165) is 17.9 Å². The predicted octanol–water partition coefficient (Wildman–Crippen LogP) is 3.06. The quantitative estimate of drug-likeness (QED) is 0.813. The van der Waals surface area contributed by atoms with Gasteiger partial charge in [0.2, 0.25) is 0 Å². The summed E-state index contributed by atoms with van der Waals surface area (Å²) >= 11 is 0. The largest absolute Gasteiger partial charge is 0.313 e. The summed E-state index contributed by atoms with van der Waals surface area (Å²) in [4.78, 5) is 5.22. The molecule has 2 aliphatic rings. The fourth-order valence-corrected chi connectivity index (χ4v) is 4.40. The lowest BCUT2D eigenvalue weighted by molar-refractivity contribution is 0.117. The van der Waals surface area contributed by atoms with Crippen LogP contribution < -0.4 is 5.32 Å². The summed E-state index contributed by atoms with van der Waals surface area (Å²) in [5.41, 5.74) is 0.558. The zero-order valence-electron chi connectivity index (χ0n) is 15.7. The van der Waals surface area contributed by atoms with Crippen LogP contribution in [0.5, 0.6) is 0 Å². The molecular formula is C19H39N3. The van der Waals surface area contributed by atoms with Crippen molar-refractivity contribution in [1.29, 1.82) is 0 Å². The molecule has 0 bridgehead atoms. The van der Waals surface area contributed by atoms with Crippen molar-refractivity contribution in [3.05, 3.63) is 0 Å². The van der Waals surface area contributed by atoms with Crippen molar-refractivity contribution < 1.29 is 0 Å². The Bertz CT molecular complexity index is 321. The van der Waals surface area contributed by atoms with E-state index < -0.39 is 0 Å². The first-order valence-electron chi connectivity index (χ1n) is 9.57. The summed E-state index contributed by atoms with van der Waals surface area (Å²) in [6, 6.07) is 0.743. The van der Waals surface area contributed by atoms with Gasteiger partial charge in [-0.15, -0.1) is 0 Å². The van der Waals surface area contributed by atoms with Crippen LogP contribution in [0.2, 0.25) is 0 Å². The Kier molecular flexibility index (Phi) is 6.73. The molecule has 0 radical (unpaired) electrons. The number of nitrogens with zero attached hydrogens (tertiary/aromatic N) is 2. The van der Waals surface area contributed by atoms with E-state index in [1.54, 1.807) is 0 Å². The maximum Gasteiger partial charge on any atom is 0.0110 e. The molecule has 2 fully saturated rings. The molecule has 3 atom stereocenters. The summed E-state index contributed by atoms with van der Waals surface area (Å²) in [6.45, 7) is 20.7. The summed E-state index contributed by atoms with van der Waals surface area (Å²) in [5, 5.41) is 3.88. The second-order valence-electron chi connectivity index (χ2n) is 8.74. The third kappa shape index (κ3) is 5.50. The van der Waals surface area contributed by atoms with E-state index in [9.17, 15) is 0 Å². The maximum atomic E-state index is 3.88. The predicted molar refractivity (Wildman–Crippen MR) is 96.3 cm³/mol. The van der Waals surface area contributed by atoms with Crippen LogP contribution in [0.15, 0.2) is 0 Å². The van der Waals surface area contributed by atoms with Gasteiger partial charge in [0.1, 0.15) is 0 Å². The fourth-order valence-electron chi connectivity index (χ4n) is 4.40. The molecule has 1 aliphatic heterocycles. The van der Waals surface area contributed by atoms with Crippen molar-refractivity contribution in [2.75, 3.05) is 45.8 Å². The zero-order chi connectivity index (χ0) is 16.2. The first-order valence-corrected chi connectivity index (χ1v) is 9.57. The highest BCUT2D eigenvalue weighted by molar-refractivity contribution is 4.87. The van der Waals surface area contributed by atoms with Gasteiger partial charge in [0, 0.05) is 38.8 Å². The molecule has 0 unspecified atom stereocenters. The monoisotopic (exact) mass is 309 g/mol. The number of hydrogen-bond donors (Lipinski definition) is 1. The van der Waals surface area contributed by atoms with E-state index in [1.807, 2.05) is 0 Å². The molecule has 3 nitrogen and oxygen atoms in total. The number of piperazine rings is 1. The Hall–Kier alpha value is -0.120. The normalized spacial score (nSPS) is 32.0. The van der Waals surface area contributed by atoms with Gasteiger partial charge >= 0.3 is 0 Å². The van der Waals surface area contributed by atoms with Gasteiger partial charge in [-0.25, -0.2) is 0 Å². The molecule has 0 aromatic rings. The first kappa shape index (κ1) is 18.2. The van der Waals surface area contributed by atoms with Gasteiger partial charge < -0.3 is 15.1 Å². The van der Waals surface area contributed by atoms with Crippen LogP contribution in [0.3, 0.4) is 0 Å². The second-order valence-corrected chi connectivity index (χ2v) is 8.74. The van der Waals surface area contributed by atoms with Crippen LogP contribution in [-0.2, 0) is 0 Å². The summed E-state index contributed by atoms with van der Waals surface area (Å²) in [6.07, 6.45) is 4.11. The summed E-state index contributed by atoms with van der Waals surface area (Å²) in [5.74, 6) is 1.58. The Balaban J connectivity index is 1.65. The van der Waals surface area contributed by atoms with Crippen molar-refractivity contribution in [2.24, 2.45) is 17.3 Å². The fraction of sp³-hybridized carbons (Fsp3) is 1.00. The van der Waals surface area contributed by atoms with Crippen molar-refractivity contribution >= 4 is 0 Å². The van der Waals surface area contributed by atoms with E-state index >= 15 is 0 Å². The van der Waals surface area contributed by atoms with E-state index in [0.29, 0.717) is 5.41 Å². The lowest BCUT2D eigenvalue weighted by Crippen LogP contribution is -2.49. The van der Waals surface area contributed by atoms with Crippen LogP contribution >= 0.6 is 0 Å². The minimum Gasteiger partial charge on any atom is -0.313 e. The molecule has 130 valence electrons. The van der Waals surface area contributed by atoms with Crippen LogP contribution in [0.4, 0.5) is 0 Å². The molecule has 1 saturated heterocycles. The minimum atomic E-state index is 0.558. The van der Waals surface area contributed by atoms with E-state index in [-0.39, 0.29) is 0 Å². The average Bonchev–Trinajstić information content (AvgIpc) is 2.46. The van der Waals surface area contributed by atoms with Gasteiger partial charge in [-0.2, -0.15) is 0 Å². The third-order valence-electron chi connectivity index (χ3n) is 5.90. The number of nitrogens with one attached hydrogen (secondary N) is 1. The maximum absolute atomic E-state index is 3.88. The third-order valence-corrected chi connectivity index (χ3v) is 5.90. The summed E-state index contributed by atoms with van der Waals surface area (Å²) < 4.78 is 0. The van der Waals surface area contributed by atoms with Crippen LogP contribution in [0.1, 0.15) is 53.9 Å². The van der Waals surface area contributed by atoms with Crippen molar-refractivity contribution in [2.45, 2.75) is 59.9 Å². The number of likely N-dealkylation sites (N-methyl/N-ethyl adjacent to an activating group) is 1. The first-order chi connectivity index (χ1) is 10.4. The van der Waals surface area contributed by atoms with E-state index in [1.165, 1.54) is 65.1 Å². The molecule has 3 heteroatoms. The Morgan fingerprint density at radius 2 is 1.77 bits per heavy atom. The van der Waals surface area contributed by atoms with Gasteiger partial charge in [-0.1, -0.05) is 34.6 Å². The molecule has 0 aromatic heterocycles. The Morgan fingerprint density at radius 1 is 1.14 bits per heavy atom. The molecule has 0 amide bonds. The van der Waals surface area contributed by atoms with Gasteiger partial charge in [-0.05, 0) is 49.6 Å². The van der Waals surface area contributed by atoms with Gasteiger partial charge in [0.05, 0.1) is 0 Å². The highest BCUT2D eigenvalue weighted by Gasteiger charge is 2.32. The molecule has 0 spiro atoms. The molecule has 1 heterocycles. The Morgan fingerprint density at radius 3 is 2.36 bits per heavy atom. The second kappa shape index (κ2) is 8.12. The minimum absolute atomic E-state index is 0.558. The van der Waals surface area contributed by atoms with Crippen LogP contribution in [0.25, 0.3) is 0 Å². The highest BCUT2D eigenvalue weighted by Crippen LogP contribution is 2.38. The molecule has 22 heavy (non-hydrogen) atoms. The number of hydrogen-bond acceptors (Lipinski definition) is 3. The number of rotatable bonds is 6. The standard InChI is InChI=1S/C19H39N3/c1-6-21-9-11-22(12-10-21)15-16(2)14-20-18-7-8-19(4,5)13-17(18)3/h16-18,20H,6-15H2,1-5H3/t16-,17-,18+/m1/s1. The van der Waals surface area contributed by atoms with E-state index in [2.05, 4.69) is 49.7 Å². The molecule has 1 N–H and O–H groups in total. The molecular weight excluding hydrogens is 270 g/mol. The Labute approximate surface area is 138 Å². The van der Waals surface area contributed by atoms with Gasteiger partial charge in [0.25, 0.3) is 0 Å². The molecule has 1 aliphatic carbocycles. The van der Waals surface area contributed by atoms with Gasteiger partial charge in [-0.3, -0.25) is 0 Å². The topological polar surface area (TPSA) is 18.5 Å². The van der Waals surface area contributed by atoms with E-state index in [4.69, 9.17) is 0 Å². The van der Waals surface area contributed by atoms with Crippen molar-refractivity contribution in [1.82, 2.24) is 15.1 Å². The lowest BCUT2D eigenvalue weighted by Gasteiger charge is -2.40. The molecule has 2 rings (SSSR count). The van der Waals surface area contributed by atoms with Crippen LogP contribution in [0, 0.1) is 17.3 Å². The van der Waals surface area contributed by atoms with Crippen LogP contribution in [-0.4, -0.2) is 61.7 Å². The SMILES string of the molecule is CCN1CCN(C[C@H](C)CN[C@H]2CCC(C)(C)C[C@H]2C)CC1. The lowest BCUT2D eigenvalue weighted by atomic mass is 9.70. The summed E-state index contributed by atoms with van der Waals surface area (Å²) in [7, 11) is 0. The molecule has 1 saturated carbocycles. The molecule has 0 aromatic carbocycles. The van der Waals surface area contributed by atoms with Crippen molar-refractivity contribution in [3.8, 4) is 0 Å². The smallest absolute Gasteiger partial charge is 0.0110 e. The van der Waals surface area contributed by atoms with Crippen molar-refractivity contribution in [3.63, 3.8) is 0 Å².